The maximum Gasteiger partial charge on any atom is 0.254 e. The molecule has 3 rings (SSSR count). The van der Waals surface area contributed by atoms with E-state index in [0.717, 1.165) is 24.8 Å². The van der Waals surface area contributed by atoms with Crippen LogP contribution in [0.15, 0.2) is 35.4 Å². The first-order valence-corrected chi connectivity index (χ1v) is 5.86. The standard InChI is InChI=1S/C14H13NO2/c16-13-8-12(14(17)15-13)11-6-5-9-3-1-2-4-10(9)7-11/h1-4H,5-8H2,(H,15,16,17). The summed E-state index contributed by atoms with van der Waals surface area (Å²) in [6, 6.07) is 8.30. The van der Waals surface area contributed by atoms with E-state index in [1.807, 2.05) is 12.1 Å². The number of carbonyl (C=O) groups excluding carboxylic acids is 2. The van der Waals surface area contributed by atoms with Gasteiger partial charge in [0.15, 0.2) is 0 Å². The predicted octanol–water partition coefficient (Wildman–Crippen LogP) is 1.52. The Morgan fingerprint density at radius 3 is 2.41 bits per heavy atom. The second kappa shape index (κ2) is 3.84. The van der Waals surface area contributed by atoms with Crippen LogP contribution in [0.1, 0.15) is 24.0 Å². The second-order valence-corrected chi connectivity index (χ2v) is 4.58. The molecule has 1 aromatic carbocycles. The molecule has 0 unspecified atom stereocenters. The zero-order valence-electron chi connectivity index (χ0n) is 9.45. The molecule has 1 saturated heterocycles. The zero-order chi connectivity index (χ0) is 11.8. The van der Waals surface area contributed by atoms with Crippen LogP contribution in [-0.4, -0.2) is 11.8 Å². The molecule has 3 heteroatoms. The molecule has 0 aromatic heterocycles. The third kappa shape index (κ3) is 1.78. The number of benzene rings is 1. The molecule has 2 aliphatic rings. The smallest absolute Gasteiger partial charge is 0.254 e. The van der Waals surface area contributed by atoms with Crippen molar-refractivity contribution in [3.63, 3.8) is 0 Å². The van der Waals surface area contributed by atoms with E-state index in [0.29, 0.717) is 5.57 Å². The van der Waals surface area contributed by atoms with Crippen LogP contribution in [0.4, 0.5) is 0 Å². The van der Waals surface area contributed by atoms with Gasteiger partial charge in [-0.1, -0.05) is 29.8 Å². The van der Waals surface area contributed by atoms with E-state index in [4.69, 9.17) is 0 Å². The van der Waals surface area contributed by atoms with Crippen LogP contribution in [0.3, 0.4) is 0 Å². The molecule has 0 radical (unpaired) electrons. The summed E-state index contributed by atoms with van der Waals surface area (Å²) in [5.74, 6) is -0.360. The number of rotatable bonds is 0. The summed E-state index contributed by atoms with van der Waals surface area (Å²) in [6.07, 6.45) is 2.94. The molecule has 17 heavy (non-hydrogen) atoms. The van der Waals surface area contributed by atoms with Crippen molar-refractivity contribution in [2.24, 2.45) is 0 Å². The minimum atomic E-state index is -0.190. The van der Waals surface area contributed by atoms with Crippen LogP contribution >= 0.6 is 0 Å². The number of hydrogen-bond donors (Lipinski definition) is 1. The molecule has 1 heterocycles. The maximum absolute atomic E-state index is 11.6. The molecule has 2 amide bonds. The van der Waals surface area contributed by atoms with E-state index in [2.05, 4.69) is 17.4 Å². The SMILES string of the molecule is O=C1CC(=C2CCc3ccccc3C2)C(=O)N1. The van der Waals surface area contributed by atoms with Gasteiger partial charge in [0.1, 0.15) is 0 Å². The van der Waals surface area contributed by atoms with Gasteiger partial charge in [-0.25, -0.2) is 0 Å². The van der Waals surface area contributed by atoms with Crippen molar-refractivity contribution in [1.82, 2.24) is 5.32 Å². The number of aryl methyl sites for hydroxylation is 1. The quantitative estimate of drug-likeness (QED) is 0.539. The molecule has 0 spiro atoms. The van der Waals surface area contributed by atoms with Crippen molar-refractivity contribution in [2.45, 2.75) is 25.7 Å². The van der Waals surface area contributed by atoms with Crippen molar-refractivity contribution in [3.8, 4) is 0 Å². The lowest BCUT2D eigenvalue weighted by atomic mass is 9.85. The summed E-state index contributed by atoms with van der Waals surface area (Å²) in [5, 5.41) is 2.35. The Hall–Kier alpha value is -1.90. The van der Waals surface area contributed by atoms with Crippen molar-refractivity contribution < 1.29 is 9.59 Å². The highest BCUT2D eigenvalue weighted by molar-refractivity contribution is 6.13. The fourth-order valence-corrected chi connectivity index (χ4v) is 2.61. The van der Waals surface area contributed by atoms with Crippen LogP contribution in [0.5, 0.6) is 0 Å². The second-order valence-electron chi connectivity index (χ2n) is 4.58. The number of amides is 2. The van der Waals surface area contributed by atoms with E-state index in [-0.39, 0.29) is 18.2 Å². The molecular weight excluding hydrogens is 214 g/mol. The Labute approximate surface area is 99.5 Å². The first-order valence-electron chi connectivity index (χ1n) is 5.86. The first kappa shape index (κ1) is 10.3. The monoisotopic (exact) mass is 227 g/mol. The normalized spacial score (nSPS) is 23.5. The summed E-state index contributed by atoms with van der Waals surface area (Å²) in [4.78, 5) is 22.8. The predicted molar refractivity (Wildman–Crippen MR) is 63.3 cm³/mol. The molecule has 1 fully saturated rings. The molecule has 1 aliphatic heterocycles. The van der Waals surface area contributed by atoms with Gasteiger partial charge < -0.3 is 0 Å². The summed E-state index contributed by atoms with van der Waals surface area (Å²) >= 11 is 0. The number of hydrogen-bond acceptors (Lipinski definition) is 2. The lowest BCUT2D eigenvalue weighted by Crippen LogP contribution is -2.20. The van der Waals surface area contributed by atoms with Gasteiger partial charge in [0, 0.05) is 5.57 Å². The third-order valence-corrected chi connectivity index (χ3v) is 3.51. The molecule has 3 nitrogen and oxygen atoms in total. The Balaban J connectivity index is 1.96. The molecule has 1 aliphatic carbocycles. The van der Waals surface area contributed by atoms with Crippen LogP contribution in [0.2, 0.25) is 0 Å². The highest BCUT2D eigenvalue weighted by Crippen LogP contribution is 2.29. The molecule has 0 bridgehead atoms. The highest BCUT2D eigenvalue weighted by atomic mass is 16.2. The number of carbonyl (C=O) groups is 2. The third-order valence-electron chi connectivity index (χ3n) is 3.51. The van der Waals surface area contributed by atoms with E-state index >= 15 is 0 Å². The Morgan fingerprint density at radius 1 is 0.941 bits per heavy atom. The molecule has 86 valence electrons. The highest BCUT2D eigenvalue weighted by Gasteiger charge is 2.28. The van der Waals surface area contributed by atoms with E-state index in [1.165, 1.54) is 11.1 Å². The van der Waals surface area contributed by atoms with Crippen molar-refractivity contribution >= 4 is 11.8 Å². The van der Waals surface area contributed by atoms with E-state index in [1.54, 1.807) is 0 Å². The van der Waals surface area contributed by atoms with E-state index in [9.17, 15) is 9.59 Å². The molecule has 1 aromatic rings. The Morgan fingerprint density at radius 2 is 1.71 bits per heavy atom. The average Bonchev–Trinajstić information content (AvgIpc) is 2.68. The van der Waals surface area contributed by atoms with Gasteiger partial charge in [-0.15, -0.1) is 0 Å². The minimum absolute atomic E-state index is 0.170. The molecule has 0 saturated carbocycles. The summed E-state index contributed by atoms with van der Waals surface area (Å²) in [6.45, 7) is 0. The van der Waals surface area contributed by atoms with Gasteiger partial charge >= 0.3 is 0 Å². The van der Waals surface area contributed by atoms with Crippen LogP contribution < -0.4 is 5.32 Å². The number of nitrogens with one attached hydrogen (secondary N) is 1. The topological polar surface area (TPSA) is 46.2 Å². The van der Waals surface area contributed by atoms with Gasteiger partial charge in [0.2, 0.25) is 5.91 Å². The van der Waals surface area contributed by atoms with Gasteiger partial charge in [-0.2, -0.15) is 0 Å². The Kier molecular flexibility index (Phi) is 2.32. The van der Waals surface area contributed by atoms with Crippen LogP contribution in [0.25, 0.3) is 0 Å². The fraction of sp³-hybridized carbons (Fsp3) is 0.286. The summed E-state index contributed by atoms with van der Waals surface area (Å²) in [7, 11) is 0. The number of fused-ring (bicyclic) bond motifs is 1. The maximum atomic E-state index is 11.6. The number of imide groups is 1. The molecule has 0 atom stereocenters. The van der Waals surface area contributed by atoms with Crippen molar-refractivity contribution in [2.75, 3.05) is 0 Å². The number of allylic oxidation sites excluding steroid dienone is 1. The lowest BCUT2D eigenvalue weighted by Gasteiger charge is -2.19. The summed E-state index contributed by atoms with van der Waals surface area (Å²) in [5.41, 5.74) is 4.48. The first-order chi connectivity index (χ1) is 8.24. The van der Waals surface area contributed by atoms with Crippen molar-refractivity contribution in [1.29, 1.82) is 0 Å². The van der Waals surface area contributed by atoms with Gasteiger partial charge in [0.25, 0.3) is 5.91 Å². The van der Waals surface area contributed by atoms with Crippen LogP contribution in [-0.2, 0) is 22.4 Å². The van der Waals surface area contributed by atoms with Gasteiger partial charge in [-0.3, -0.25) is 14.9 Å². The average molecular weight is 227 g/mol. The molecule has 1 N–H and O–H groups in total. The minimum Gasteiger partial charge on any atom is -0.292 e. The largest absolute Gasteiger partial charge is 0.292 e. The van der Waals surface area contributed by atoms with Crippen molar-refractivity contribution in [3.05, 3.63) is 46.5 Å². The zero-order valence-corrected chi connectivity index (χ0v) is 9.45. The van der Waals surface area contributed by atoms with Gasteiger partial charge in [0.05, 0.1) is 6.42 Å². The van der Waals surface area contributed by atoms with Gasteiger partial charge in [-0.05, 0) is 30.4 Å². The summed E-state index contributed by atoms with van der Waals surface area (Å²) < 4.78 is 0. The lowest BCUT2D eigenvalue weighted by molar-refractivity contribution is -0.124. The fourth-order valence-electron chi connectivity index (χ4n) is 2.61. The van der Waals surface area contributed by atoms with E-state index < -0.39 is 0 Å². The Bertz CT molecular complexity index is 543. The van der Waals surface area contributed by atoms with Crippen LogP contribution in [0, 0.1) is 0 Å². The molecular formula is C14H13NO2.